The third kappa shape index (κ3) is 8.34. The van der Waals surface area contributed by atoms with Crippen molar-refractivity contribution in [1.82, 2.24) is 9.62 Å². The number of nitrogens with zero attached hydrogens (tertiary/aromatic N) is 2. The molecule has 0 aliphatic carbocycles. The fourth-order valence-electron chi connectivity index (χ4n) is 4.71. The van der Waals surface area contributed by atoms with Gasteiger partial charge in [-0.05, 0) is 95.0 Å². The molecule has 220 valence electrons. The van der Waals surface area contributed by atoms with Gasteiger partial charge >= 0.3 is 6.09 Å². The van der Waals surface area contributed by atoms with Crippen LogP contribution in [0.4, 0.5) is 16.2 Å². The topological polar surface area (TPSA) is 117 Å². The first kappa shape index (κ1) is 31.2. The average molecular weight is 575 g/mol. The van der Waals surface area contributed by atoms with Crippen LogP contribution in [0.5, 0.6) is 5.75 Å². The Hall–Kier alpha value is -3.31. The first-order valence-electron chi connectivity index (χ1n) is 13.5. The molecule has 0 spiro atoms. The fourth-order valence-corrected chi connectivity index (χ4v) is 6.28. The van der Waals surface area contributed by atoms with Crippen LogP contribution in [0.2, 0.25) is 0 Å². The lowest BCUT2D eigenvalue weighted by atomic mass is 10.0. The van der Waals surface area contributed by atoms with Crippen LogP contribution in [0, 0.1) is 13.8 Å². The van der Waals surface area contributed by atoms with E-state index in [0.717, 1.165) is 31.6 Å². The zero-order valence-corrected chi connectivity index (χ0v) is 25.4. The molecular weight excluding hydrogens is 532 g/mol. The maximum absolute atomic E-state index is 13.2. The summed E-state index contributed by atoms with van der Waals surface area (Å²) >= 11 is 0. The Morgan fingerprint density at radius 2 is 1.62 bits per heavy atom. The number of benzene rings is 2. The number of methoxy groups -OCH3 is 1. The normalized spacial score (nSPS) is 14.7. The van der Waals surface area contributed by atoms with E-state index in [4.69, 9.17) is 9.47 Å². The molecular formula is C29H42N4O6S. The van der Waals surface area contributed by atoms with Gasteiger partial charge in [0.25, 0.3) is 0 Å². The van der Waals surface area contributed by atoms with E-state index in [1.807, 2.05) is 45.0 Å². The third-order valence-electron chi connectivity index (χ3n) is 6.72. The smallest absolute Gasteiger partial charge is 0.407 e. The average Bonchev–Trinajstić information content (AvgIpc) is 2.86. The quantitative estimate of drug-likeness (QED) is 0.454. The van der Waals surface area contributed by atoms with E-state index >= 15 is 0 Å². The van der Waals surface area contributed by atoms with Gasteiger partial charge in [0.15, 0.2) is 0 Å². The minimum absolute atomic E-state index is 0.0178. The number of amides is 2. The lowest BCUT2D eigenvalue weighted by molar-refractivity contribution is -0.116. The number of nitrogens with one attached hydrogen (secondary N) is 2. The number of hydrogen-bond donors (Lipinski definition) is 2. The maximum atomic E-state index is 13.2. The van der Waals surface area contributed by atoms with Crippen molar-refractivity contribution in [3.63, 3.8) is 0 Å². The number of rotatable bonds is 9. The lowest BCUT2D eigenvalue weighted by Crippen LogP contribution is -2.46. The van der Waals surface area contributed by atoms with Gasteiger partial charge < -0.3 is 25.0 Å². The molecule has 0 atom stereocenters. The maximum Gasteiger partial charge on any atom is 0.407 e. The van der Waals surface area contributed by atoms with Gasteiger partial charge in [-0.2, -0.15) is 0 Å². The van der Waals surface area contributed by atoms with Crippen LogP contribution in [0.3, 0.4) is 0 Å². The van der Waals surface area contributed by atoms with Crippen LogP contribution in [0.25, 0.3) is 0 Å². The van der Waals surface area contributed by atoms with Crippen LogP contribution < -0.4 is 20.3 Å². The number of alkyl carbamates (subject to hydrolysis) is 1. The van der Waals surface area contributed by atoms with Gasteiger partial charge in [-0.15, -0.1) is 0 Å². The van der Waals surface area contributed by atoms with Crippen molar-refractivity contribution in [3.8, 4) is 5.75 Å². The summed E-state index contributed by atoms with van der Waals surface area (Å²) in [6.07, 6.45) is 1.25. The molecule has 1 fully saturated rings. The minimum Gasteiger partial charge on any atom is -0.497 e. The van der Waals surface area contributed by atoms with E-state index in [2.05, 4.69) is 15.5 Å². The number of anilines is 2. The Labute approximate surface area is 238 Å². The van der Waals surface area contributed by atoms with E-state index in [1.165, 1.54) is 18.5 Å². The summed E-state index contributed by atoms with van der Waals surface area (Å²) in [7, 11) is -0.751. The Balaban J connectivity index is 1.49. The molecule has 0 aromatic heterocycles. The third-order valence-corrected chi connectivity index (χ3v) is 8.89. The Morgan fingerprint density at radius 3 is 2.15 bits per heavy atom. The van der Waals surface area contributed by atoms with Crippen LogP contribution in [-0.4, -0.2) is 70.2 Å². The largest absolute Gasteiger partial charge is 0.497 e. The van der Waals surface area contributed by atoms with Gasteiger partial charge in [-0.1, -0.05) is 0 Å². The highest BCUT2D eigenvalue weighted by Gasteiger charge is 2.26. The molecule has 2 N–H and O–H groups in total. The van der Waals surface area contributed by atoms with Gasteiger partial charge in [-0.3, -0.25) is 4.79 Å². The summed E-state index contributed by atoms with van der Waals surface area (Å²) in [4.78, 5) is 27.1. The SMILES string of the molecule is COc1cc(C)c(S(=O)(=O)N(C)CCC(=O)Nc2ccc(N3CCC(NC(=O)OC(C)(C)C)CC3)cc2)c(C)c1. The molecule has 1 aliphatic heterocycles. The molecule has 1 aliphatic rings. The molecule has 10 nitrogen and oxygen atoms in total. The molecule has 0 unspecified atom stereocenters. The van der Waals surface area contributed by atoms with Gasteiger partial charge in [0.05, 0.1) is 12.0 Å². The molecule has 3 rings (SSSR count). The van der Waals surface area contributed by atoms with E-state index in [1.54, 1.807) is 26.0 Å². The number of aryl methyl sites for hydroxylation is 2. The van der Waals surface area contributed by atoms with Crippen molar-refractivity contribution in [2.75, 3.05) is 44.0 Å². The van der Waals surface area contributed by atoms with Crippen molar-refractivity contribution in [2.45, 2.75) is 70.4 Å². The van der Waals surface area contributed by atoms with Crippen molar-refractivity contribution < 1.29 is 27.5 Å². The molecule has 2 amide bonds. The Morgan fingerprint density at radius 1 is 1.05 bits per heavy atom. The van der Waals surface area contributed by atoms with E-state index < -0.39 is 15.6 Å². The lowest BCUT2D eigenvalue weighted by Gasteiger charge is -2.34. The van der Waals surface area contributed by atoms with Gasteiger partial charge in [-0.25, -0.2) is 17.5 Å². The van der Waals surface area contributed by atoms with Crippen LogP contribution >= 0.6 is 0 Å². The first-order chi connectivity index (χ1) is 18.7. The monoisotopic (exact) mass is 574 g/mol. The molecule has 2 aromatic rings. The highest BCUT2D eigenvalue weighted by molar-refractivity contribution is 7.89. The number of ether oxygens (including phenoxy) is 2. The Kier molecular flexibility index (Phi) is 10.1. The molecule has 0 bridgehead atoms. The zero-order valence-electron chi connectivity index (χ0n) is 24.5. The molecule has 40 heavy (non-hydrogen) atoms. The second-order valence-electron chi connectivity index (χ2n) is 11.2. The van der Waals surface area contributed by atoms with Gasteiger partial charge in [0, 0.05) is 50.5 Å². The van der Waals surface area contributed by atoms with E-state index in [9.17, 15) is 18.0 Å². The highest BCUT2D eigenvalue weighted by atomic mass is 32.2. The predicted molar refractivity (Wildman–Crippen MR) is 157 cm³/mol. The van der Waals surface area contributed by atoms with Crippen molar-refractivity contribution in [3.05, 3.63) is 47.5 Å². The van der Waals surface area contributed by atoms with Crippen molar-refractivity contribution >= 4 is 33.4 Å². The summed E-state index contributed by atoms with van der Waals surface area (Å²) in [5.74, 6) is 0.327. The summed E-state index contributed by atoms with van der Waals surface area (Å²) < 4.78 is 38.1. The van der Waals surface area contributed by atoms with Crippen molar-refractivity contribution in [2.24, 2.45) is 0 Å². The molecule has 1 heterocycles. The molecule has 1 saturated heterocycles. The first-order valence-corrected chi connectivity index (χ1v) is 14.9. The molecule has 0 radical (unpaired) electrons. The summed E-state index contributed by atoms with van der Waals surface area (Å²) in [6.45, 7) is 10.6. The minimum atomic E-state index is -3.77. The van der Waals surface area contributed by atoms with Crippen molar-refractivity contribution in [1.29, 1.82) is 0 Å². The van der Waals surface area contributed by atoms with Gasteiger partial charge in [0.2, 0.25) is 15.9 Å². The zero-order chi connectivity index (χ0) is 29.7. The number of sulfonamides is 1. The second kappa shape index (κ2) is 12.9. The molecule has 11 heteroatoms. The van der Waals surface area contributed by atoms with Gasteiger partial charge in [0.1, 0.15) is 11.4 Å². The number of carbonyl (C=O) groups excluding carboxylic acids is 2. The number of piperidine rings is 1. The second-order valence-corrected chi connectivity index (χ2v) is 13.2. The standard InChI is InChI=1S/C29H42N4O6S/c1-20-18-25(38-7)19-21(2)27(20)40(36,37)32(6)15-14-26(34)30-22-8-10-24(11-9-22)33-16-12-23(13-17-33)31-28(35)39-29(3,4)5/h8-11,18-19,23H,12-17H2,1-7H3,(H,30,34)(H,31,35). The summed E-state index contributed by atoms with van der Waals surface area (Å²) in [5, 5.41) is 5.79. The van der Waals surface area contributed by atoms with E-state index in [0.29, 0.717) is 22.6 Å². The summed E-state index contributed by atoms with van der Waals surface area (Å²) in [6, 6.07) is 11.0. The van der Waals surface area contributed by atoms with Crippen LogP contribution in [0.1, 0.15) is 51.2 Å². The predicted octanol–water partition coefficient (Wildman–Crippen LogP) is 4.45. The van der Waals surface area contributed by atoms with Crippen LogP contribution in [0.15, 0.2) is 41.3 Å². The molecule has 2 aromatic carbocycles. The van der Waals surface area contributed by atoms with E-state index in [-0.39, 0.29) is 35.9 Å². The Bertz CT molecular complexity index is 1270. The molecule has 0 saturated carbocycles. The number of carbonyl (C=O) groups is 2. The number of hydrogen-bond acceptors (Lipinski definition) is 7. The summed E-state index contributed by atoms with van der Waals surface area (Å²) in [5.41, 5.74) is 2.34. The fraction of sp³-hybridized carbons (Fsp3) is 0.517. The highest BCUT2D eigenvalue weighted by Crippen LogP contribution is 2.28. The van der Waals surface area contributed by atoms with Crippen LogP contribution in [-0.2, 0) is 19.6 Å².